The van der Waals surface area contributed by atoms with Crippen LogP contribution in [0.25, 0.3) is 0 Å². The normalized spacial score (nSPS) is 30.4. The Morgan fingerprint density at radius 3 is 2.95 bits per heavy atom. The molecule has 2 bridgehead atoms. The maximum absolute atomic E-state index is 10.7. The SMILES string of the molecule is CN(C)CCn1ncc(Cl)c1C(O)C1CC2CCC1O2. The molecular weight excluding hydrogens is 278 g/mol. The molecule has 2 fully saturated rings. The first-order valence-corrected chi connectivity index (χ1v) is 7.63. The molecule has 1 aromatic rings. The van der Waals surface area contributed by atoms with Gasteiger partial charge in [-0.25, -0.2) is 0 Å². The fourth-order valence-corrected chi connectivity index (χ4v) is 3.60. The van der Waals surface area contributed by atoms with Gasteiger partial charge < -0.3 is 14.7 Å². The summed E-state index contributed by atoms with van der Waals surface area (Å²) in [7, 11) is 4.04. The molecule has 3 heterocycles. The third kappa shape index (κ3) is 2.60. The summed E-state index contributed by atoms with van der Waals surface area (Å²) in [6, 6.07) is 0. The Bertz CT molecular complexity index is 477. The van der Waals surface area contributed by atoms with Crippen molar-refractivity contribution >= 4 is 11.6 Å². The number of aliphatic hydroxyl groups is 1. The molecule has 112 valence electrons. The number of hydrogen-bond acceptors (Lipinski definition) is 4. The first-order chi connectivity index (χ1) is 9.56. The Kier molecular flexibility index (Phi) is 4.04. The molecule has 4 unspecified atom stereocenters. The summed E-state index contributed by atoms with van der Waals surface area (Å²) >= 11 is 6.24. The lowest BCUT2D eigenvalue weighted by Gasteiger charge is -2.25. The molecule has 0 saturated carbocycles. The van der Waals surface area contributed by atoms with Gasteiger partial charge in [0.2, 0.25) is 0 Å². The van der Waals surface area contributed by atoms with Gasteiger partial charge in [0, 0.05) is 12.5 Å². The van der Waals surface area contributed by atoms with Crippen molar-refractivity contribution in [3.8, 4) is 0 Å². The summed E-state index contributed by atoms with van der Waals surface area (Å²) in [5.41, 5.74) is 0.745. The highest BCUT2D eigenvalue weighted by Crippen LogP contribution is 2.45. The molecule has 0 aliphatic carbocycles. The average molecular weight is 300 g/mol. The topological polar surface area (TPSA) is 50.5 Å². The number of halogens is 1. The van der Waals surface area contributed by atoms with Crippen LogP contribution in [0.5, 0.6) is 0 Å². The largest absolute Gasteiger partial charge is 0.386 e. The van der Waals surface area contributed by atoms with Crippen molar-refractivity contribution in [2.75, 3.05) is 20.6 Å². The van der Waals surface area contributed by atoms with E-state index in [-0.39, 0.29) is 12.0 Å². The molecule has 0 radical (unpaired) electrons. The Labute approximate surface area is 124 Å². The fourth-order valence-electron chi connectivity index (χ4n) is 3.35. The molecule has 3 rings (SSSR count). The second-order valence-electron chi connectivity index (χ2n) is 6.12. The van der Waals surface area contributed by atoms with E-state index in [1.165, 1.54) is 0 Å². The number of aromatic nitrogens is 2. The number of hydrogen-bond donors (Lipinski definition) is 1. The van der Waals surface area contributed by atoms with Gasteiger partial charge in [-0.3, -0.25) is 4.68 Å². The number of fused-ring (bicyclic) bond motifs is 2. The van der Waals surface area contributed by atoms with Gasteiger partial charge in [-0.1, -0.05) is 11.6 Å². The quantitative estimate of drug-likeness (QED) is 0.899. The number of likely N-dealkylation sites (N-methyl/N-ethyl adjacent to an activating group) is 1. The number of nitrogens with zero attached hydrogens (tertiary/aromatic N) is 3. The monoisotopic (exact) mass is 299 g/mol. The van der Waals surface area contributed by atoms with E-state index in [0.29, 0.717) is 11.1 Å². The van der Waals surface area contributed by atoms with E-state index < -0.39 is 6.10 Å². The van der Waals surface area contributed by atoms with Gasteiger partial charge in [-0.15, -0.1) is 0 Å². The zero-order valence-electron chi connectivity index (χ0n) is 12.0. The highest BCUT2D eigenvalue weighted by atomic mass is 35.5. The van der Waals surface area contributed by atoms with Crippen molar-refractivity contribution in [2.45, 2.75) is 44.1 Å². The highest BCUT2D eigenvalue weighted by Gasteiger charge is 2.45. The standard InChI is InChI=1S/C14H22ClN3O2/c1-17(2)5-6-18-13(11(15)8-16-18)14(19)10-7-9-3-4-12(10)20-9/h8-10,12,14,19H,3-7H2,1-2H3. The van der Waals surface area contributed by atoms with Crippen molar-refractivity contribution in [2.24, 2.45) is 5.92 Å². The number of aliphatic hydroxyl groups excluding tert-OH is 1. The van der Waals surface area contributed by atoms with Crippen LogP contribution in [0.15, 0.2) is 6.20 Å². The van der Waals surface area contributed by atoms with E-state index in [2.05, 4.69) is 10.00 Å². The molecule has 5 nitrogen and oxygen atoms in total. The Balaban J connectivity index is 1.76. The number of ether oxygens (including phenoxy) is 1. The van der Waals surface area contributed by atoms with Crippen molar-refractivity contribution in [1.82, 2.24) is 14.7 Å². The molecule has 0 aromatic carbocycles. The zero-order chi connectivity index (χ0) is 14.3. The summed E-state index contributed by atoms with van der Waals surface area (Å²) in [5, 5.41) is 15.6. The molecule has 1 aromatic heterocycles. The number of rotatable bonds is 5. The lowest BCUT2D eigenvalue weighted by molar-refractivity contribution is 0.0379. The molecule has 0 spiro atoms. The van der Waals surface area contributed by atoms with Crippen LogP contribution in [0.3, 0.4) is 0 Å². The van der Waals surface area contributed by atoms with Crippen LogP contribution in [0.1, 0.15) is 31.1 Å². The average Bonchev–Trinajstić information content (AvgIpc) is 3.10. The summed E-state index contributed by atoms with van der Waals surface area (Å²) < 4.78 is 7.67. The highest BCUT2D eigenvalue weighted by molar-refractivity contribution is 6.31. The van der Waals surface area contributed by atoms with Crippen LogP contribution in [-0.2, 0) is 11.3 Å². The Morgan fingerprint density at radius 1 is 1.55 bits per heavy atom. The predicted molar refractivity (Wildman–Crippen MR) is 76.8 cm³/mol. The van der Waals surface area contributed by atoms with Crippen molar-refractivity contribution in [3.05, 3.63) is 16.9 Å². The molecule has 4 atom stereocenters. The lowest BCUT2D eigenvalue weighted by atomic mass is 9.84. The Hall–Kier alpha value is -0.620. The van der Waals surface area contributed by atoms with E-state index in [0.717, 1.165) is 38.0 Å². The van der Waals surface area contributed by atoms with Crippen molar-refractivity contribution < 1.29 is 9.84 Å². The molecule has 2 aliphatic heterocycles. The summed E-state index contributed by atoms with van der Waals surface area (Å²) in [6.07, 6.45) is 4.67. The smallest absolute Gasteiger partial charge is 0.103 e. The first kappa shape index (κ1) is 14.3. The van der Waals surface area contributed by atoms with E-state index in [9.17, 15) is 5.11 Å². The molecule has 1 N–H and O–H groups in total. The maximum atomic E-state index is 10.7. The van der Waals surface area contributed by atoms with E-state index in [1.54, 1.807) is 6.20 Å². The minimum atomic E-state index is -0.581. The predicted octanol–water partition coefficient (Wildman–Crippen LogP) is 1.70. The van der Waals surface area contributed by atoms with Crippen LogP contribution in [-0.4, -0.2) is 52.6 Å². The Morgan fingerprint density at radius 2 is 2.35 bits per heavy atom. The van der Waals surface area contributed by atoms with Gasteiger partial charge in [0.1, 0.15) is 6.10 Å². The van der Waals surface area contributed by atoms with E-state index in [4.69, 9.17) is 16.3 Å². The fraction of sp³-hybridized carbons (Fsp3) is 0.786. The molecule has 2 aliphatic rings. The van der Waals surface area contributed by atoms with Gasteiger partial charge in [-0.05, 0) is 33.4 Å². The molecular formula is C14H22ClN3O2. The minimum absolute atomic E-state index is 0.154. The van der Waals surface area contributed by atoms with Crippen molar-refractivity contribution in [3.63, 3.8) is 0 Å². The van der Waals surface area contributed by atoms with Gasteiger partial charge >= 0.3 is 0 Å². The van der Waals surface area contributed by atoms with Gasteiger partial charge in [0.15, 0.2) is 0 Å². The second-order valence-corrected chi connectivity index (χ2v) is 6.53. The van der Waals surface area contributed by atoms with Crippen molar-refractivity contribution in [1.29, 1.82) is 0 Å². The molecule has 20 heavy (non-hydrogen) atoms. The first-order valence-electron chi connectivity index (χ1n) is 7.25. The van der Waals surface area contributed by atoms with Crippen LogP contribution >= 0.6 is 11.6 Å². The van der Waals surface area contributed by atoms with Crippen LogP contribution in [0.2, 0.25) is 5.02 Å². The zero-order valence-corrected chi connectivity index (χ0v) is 12.8. The van der Waals surface area contributed by atoms with Gasteiger partial charge in [-0.2, -0.15) is 5.10 Å². The third-order valence-electron chi connectivity index (χ3n) is 4.43. The third-order valence-corrected chi connectivity index (χ3v) is 4.72. The van der Waals surface area contributed by atoms with E-state index >= 15 is 0 Å². The van der Waals surface area contributed by atoms with Gasteiger partial charge in [0.25, 0.3) is 0 Å². The van der Waals surface area contributed by atoms with Gasteiger partial charge in [0.05, 0.1) is 35.7 Å². The lowest BCUT2D eigenvalue weighted by Crippen LogP contribution is -2.27. The maximum Gasteiger partial charge on any atom is 0.103 e. The summed E-state index contributed by atoms with van der Waals surface area (Å²) in [5.74, 6) is 0.154. The van der Waals surface area contributed by atoms with E-state index in [1.807, 2.05) is 18.8 Å². The minimum Gasteiger partial charge on any atom is -0.386 e. The summed E-state index contributed by atoms with van der Waals surface area (Å²) in [6.45, 7) is 1.60. The molecule has 6 heteroatoms. The van der Waals surface area contributed by atoms with Crippen LogP contribution in [0.4, 0.5) is 0 Å². The second kappa shape index (κ2) is 5.64. The molecule has 0 amide bonds. The summed E-state index contributed by atoms with van der Waals surface area (Å²) in [4.78, 5) is 2.09. The molecule has 2 saturated heterocycles. The van der Waals surface area contributed by atoms with Crippen LogP contribution in [0, 0.1) is 5.92 Å². The van der Waals surface area contributed by atoms with Crippen LogP contribution < -0.4 is 0 Å².